The second-order valence-electron chi connectivity index (χ2n) is 4.50. The highest BCUT2D eigenvalue weighted by Crippen LogP contribution is 2.37. The van der Waals surface area contributed by atoms with Crippen LogP contribution < -0.4 is 0 Å². The maximum Gasteiger partial charge on any atom is 0.120 e. The molecule has 3 atom stereocenters. The number of carbonyl (C=O) groups is 1. The fraction of sp³-hybridized carbons (Fsp3) is 0.750. The molecule has 13 heavy (non-hydrogen) atoms. The Bertz CT molecular complexity index is 195. The number of hydrogen-bond acceptors (Lipinski definition) is 1. The van der Waals surface area contributed by atoms with Gasteiger partial charge in [-0.05, 0) is 43.9 Å². The van der Waals surface area contributed by atoms with Crippen molar-refractivity contribution in [2.45, 2.75) is 39.5 Å². The van der Waals surface area contributed by atoms with Crippen LogP contribution in [0.1, 0.15) is 39.5 Å². The van der Waals surface area contributed by atoms with Gasteiger partial charge < -0.3 is 4.79 Å². The van der Waals surface area contributed by atoms with Gasteiger partial charge in [-0.3, -0.25) is 0 Å². The van der Waals surface area contributed by atoms with E-state index in [0.29, 0.717) is 11.8 Å². The molecule has 74 valence electrons. The Labute approximate surface area is 81.2 Å². The van der Waals surface area contributed by atoms with Gasteiger partial charge >= 0.3 is 0 Å². The van der Waals surface area contributed by atoms with Gasteiger partial charge in [0.15, 0.2) is 0 Å². The molecule has 0 aromatic heterocycles. The van der Waals surface area contributed by atoms with E-state index >= 15 is 0 Å². The number of rotatable bonds is 3. The van der Waals surface area contributed by atoms with Crippen molar-refractivity contribution in [3.8, 4) is 0 Å². The molecule has 1 rings (SSSR count). The summed E-state index contributed by atoms with van der Waals surface area (Å²) in [6, 6.07) is 0. The normalized spacial score (nSPS) is 34.2. The topological polar surface area (TPSA) is 17.1 Å². The summed E-state index contributed by atoms with van der Waals surface area (Å²) in [4.78, 5) is 10.5. The first-order valence-corrected chi connectivity index (χ1v) is 5.24. The Balaban J connectivity index is 2.52. The van der Waals surface area contributed by atoms with Gasteiger partial charge in [0.05, 0.1) is 0 Å². The van der Waals surface area contributed by atoms with Crippen LogP contribution in [0, 0.1) is 17.8 Å². The summed E-state index contributed by atoms with van der Waals surface area (Å²) in [6.45, 7) is 8.39. The second kappa shape index (κ2) is 4.59. The molecule has 1 saturated carbocycles. The van der Waals surface area contributed by atoms with Crippen molar-refractivity contribution in [2.24, 2.45) is 17.8 Å². The molecule has 0 aliphatic heterocycles. The zero-order chi connectivity index (χ0) is 9.84. The molecule has 1 aliphatic carbocycles. The molecule has 0 bridgehead atoms. The zero-order valence-corrected chi connectivity index (χ0v) is 8.75. The van der Waals surface area contributed by atoms with Gasteiger partial charge in [-0.15, -0.1) is 0 Å². The number of aldehydes is 1. The first kappa shape index (κ1) is 10.5. The molecule has 1 nitrogen and oxygen atoms in total. The van der Waals surface area contributed by atoms with Crippen LogP contribution in [-0.2, 0) is 4.79 Å². The lowest BCUT2D eigenvalue weighted by atomic mass is 9.72. The molecule has 1 heteroatoms. The Morgan fingerprint density at radius 1 is 1.54 bits per heavy atom. The molecule has 0 aromatic rings. The minimum Gasteiger partial charge on any atom is -0.303 e. The predicted octanol–water partition coefficient (Wildman–Crippen LogP) is 3.20. The van der Waals surface area contributed by atoms with Gasteiger partial charge in [0, 0.05) is 6.42 Å². The van der Waals surface area contributed by atoms with Crippen LogP contribution in [0.3, 0.4) is 0 Å². The summed E-state index contributed by atoms with van der Waals surface area (Å²) < 4.78 is 0. The molecule has 0 N–H and O–H groups in total. The fourth-order valence-electron chi connectivity index (χ4n) is 2.32. The average Bonchev–Trinajstić information content (AvgIpc) is 2.08. The van der Waals surface area contributed by atoms with Gasteiger partial charge in [-0.2, -0.15) is 0 Å². The Morgan fingerprint density at radius 2 is 2.23 bits per heavy atom. The van der Waals surface area contributed by atoms with Crippen molar-refractivity contribution < 1.29 is 4.79 Å². The smallest absolute Gasteiger partial charge is 0.120 e. The number of hydrogen-bond donors (Lipinski definition) is 0. The largest absolute Gasteiger partial charge is 0.303 e. The van der Waals surface area contributed by atoms with Gasteiger partial charge in [0.25, 0.3) is 0 Å². The SMILES string of the molecule is C=C(C)C1CC[C@@H](C)C(CC=O)C1. The van der Waals surface area contributed by atoms with Gasteiger partial charge in [0.2, 0.25) is 0 Å². The first-order valence-electron chi connectivity index (χ1n) is 5.24. The van der Waals surface area contributed by atoms with Gasteiger partial charge in [-0.25, -0.2) is 0 Å². The van der Waals surface area contributed by atoms with E-state index in [-0.39, 0.29) is 0 Å². The van der Waals surface area contributed by atoms with E-state index in [4.69, 9.17) is 0 Å². The van der Waals surface area contributed by atoms with Crippen LogP contribution in [0.4, 0.5) is 0 Å². The van der Waals surface area contributed by atoms with E-state index in [2.05, 4.69) is 20.4 Å². The Kier molecular flexibility index (Phi) is 3.71. The van der Waals surface area contributed by atoms with E-state index in [1.807, 2.05) is 0 Å². The Hall–Kier alpha value is -0.590. The molecule has 1 fully saturated rings. The second-order valence-corrected chi connectivity index (χ2v) is 4.50. The van der Waals surface area contributed by atoms with Crippen molar-refractivity contribution >= 4 is 6.29 Å². The summed E-state index contributed by atoms with van der Waals surface area (Å²) in [7, 11) is 0. The third kappa shape index (κ3) is 2.68. The van der Waals surface area contributed by atoms with E-state index in [1.54, 1.807) is 0 Å². The fourth-order valence-corrected chi connectivity index (χ4v) is 2.32. The average molecular weight is 180 g/mol. The third-order valence-electron chi connectivity index (χ3n) is 3.46. The van der Waals surface area contributed by atoms with E-state index in [1.165, 1.54) is 24.8 Å². The minimum absolute atomic E-state index is 0.605. The lowest BCUT2D eigenvalue weighted by Crippen LogP contribution is -2.23. The number of carbonyl (C=O) groups excluding carboxylic acids is 1. The molecule has 0 amide bonds. The summed E-state index contributed by atoms with van der Waals surface area (Å²) in [6.07, 6.45) is 5.52. The molecule has 0 radical (unpaired) electrons. The Morgan fingerprint density at radius 3 is 2.77 bits per heavy atom. The highest BCUT2D eigenvalue weighted by atomic mass is 16.1. The highest BCUT2D eigenvalue weighted by molar-refractivity contribution is 5.49. The maximum atomic E-state index is 10.5. The molecule has 0 heterocycles. The molecule has 1 aliphatic rings. The minimum atomic E-state index is 0.605. The molecule has 0 spiro atoms. The van der Waals surface area contributed by atoms with Crippen LogP contribution in [0.15, 0.2) is 12.2 Å². The lowest BCUT2D eigenvalue weighted by Gasteiger charge is -2.33. The molecule has 2 unspecified atom stereocenters. The molecular weight excluding hydrogens is 160 g/mol. The van der Waals surface area contributed by atoms with Crippen LogP contribution >= 0.6 is 0 Å². The standard InChI is InChI=1S/C12H20O/c1-9(2)11-5-4-10(3)12(8-11)6-7-13/h7,10-12H,1,4-6,8H2,2-3H3/t10-,11?,12?/m1/s1. The highest BCUT2D eigenvalue weighted by Gasteiger charge is 2.27. The van der Waals surface area contributed by atoms with Crippen molar-refractivity contribution in [1.82, 2.24) is 0 Å². The number of allylic oxidation sites excluding steroid dienone is 1. The van der Waals surface area contributed by atoms with Crippen LogP contribution in [-0.4, -0.2) is 6.29 Å². The zero-order valence-electron chi connectivity index (χ0n) is 8.75. The first-order chi connectivity index (χ1) is 6.15. The summed E-state index contributed by atoms with van der Waals surface area (Å²) in [5.74, 6) is 2.00. The van der Waals surface area contributed by atoms with Crippen molar-refractivity contribution in [1.29, 1.82) is 0 Å². The molecule has 0 aromatic carbocycles. The maximum absolute atomic E-state index is 10.5. The van der Waals surface area contributed by atoms with Crippen LogP contribution in [0.25, 0.3) is 0 Å². The van der Waals surface area contributed by atoms with Crippen molar-refractivity contribution in [3.05, 3.63) is 12.2 Å². The third-order valence-corrected chi connectivity index (χ3v) is 3.46. The lowest BCUT2D eigenvalue weighted by molar-refractivity contribution is -0.109. The van der Waals surface area contributed by atoms with Crippen molar-refractivity contribution in [3.63, 3.8) is 0 Å². The van der Waals surface area contributed by atoms with Crippen LogP contribution in [0.2, 0.25) is 0 Å². The molecular formula is C12H20O. The van der Waals surface area contributed by atoms with E-state index < -0.39 is 0 Å². The summed E-state index contributed by atoms with van der Waals surface area (Å²) in [5.41, 5.74) is 1.29. The van der Waals surface area contributed by atoms with E-state index in [9.17, 15) is 4.79 Å². The van der Waals surface area contributed by atoms with Crippen LogP contribution in [0.5, 0.6) is 0 Å². The molecule has 0 saturated heterocycles. The van der Waals surface area contributed by atoms with Crippen molar-refractivity contribution in [2.75, 3.05) is 0 Å². The summed E-state index contributed by atoms with van der Waals surface area (Å²) in [5, 5.41) is 0. The monoisotopic (exact) mass is 180 g/mol. The summed E-state index contributed by atoms with van der Waals surface area (Å²) >= 11 is 0. The van der Waals surface area contributed by atoms with E-state index in [0.717, 1.165) is 18.6 Å². The van der Waals surface area contributed by atoms with Gasteiger partial charge in [0.1, 0.15) is 6.29 Å². The predicted molar refractivity (Wildman–Crippen MR) is 55.5 cm³/mol. The quantitative estimate of drug-likeness (QED) is 0.481. The van der Waals surface area contributed by atoms with Gasteiger partial charge in [-0.1, -0.05) is 19.1 Å².